The lowest BCUT2D eigenvalue weighted by molar-refractivity contribution is -0.870. The van der Waals surface area contributed by atoms with E-state index in [4.69, 9.17) is 18.5 Å². The third-order valence-corrected chi connectivity index (χ3v) is 12.1. The first kappa shape index (κ1) is 57.0. The zero-order valence-electron chi connectivity index (χ0n) is 39.0. The van der Waals surface area contributed by atoms with Gasteiger partial charge in [0.2, 0.25) is 0 Å². The molecule has 2 atom stereocenters. The van der Waals surface area contributed by atoms with Crippen molar-refractivity contribution in [1.82, 2.24) is 0 Å². The van der Waals surface area contributed by atoms with Crippen LogP contribution in [0.3, 0.4) is 0 Å². The molecule has 0 fully saturated rings. The molecule has 346 valence electrons. The Balaban J connectivity index is 4.23. The maximum Gasteiger partial charge on any atom is 0.306 e. The molecule has 0 saturated carbocycles. The minimum atomic E-state index is -4.62. The Labute approximate surface area is 359 Å². The van der Waals surface area contributed by atoms with Crippen LogP contribution in [0.4, 0.5) is 0 Å². The van der Waals surface area contributed by atoms with Crippen LogP contribution in [-0.4, -0.2) is 70.0 Å². The number of ether oxygens (including phenoxy) is 2. The van der Waals surface area contributed by atoms with Gasteiger partial charge in [-0.1, -0.05) is 219 Å². The highest BCUT2D eigenvalue weighted by Gasteiger charge is 2.21. The summed E-state index contributed by atoms with van der Waals surface area (Å²) in [6, 6.07) is 0. The first-order valence-electron chi connectivity index (χ1n) is 24.7. The van der Waals surface area contributed by atoms with Crippen molar-refractivity contribution in [2.75, 3.05) is 47.5 Å². The fourth-order valence-corrected chi connectivity index (χ4v) is 7.97. The van der Waals surface area contributed by atoms with Crippen LogP contribution in [0.25, 0.3) is 0 Å². The molecular formula is C48H96NO8P. The fraction of sp³-hybridized carbons (Fsp3) is 0.958. The minimum Gasteiger partial charge on any atom is -0.756 e. The van der Waals surface area contributed by atoms with Gasteiger partial charge in [0.25, 0.3) is 7.82 Å². The summed E-state index contributed by atoms with van der Waals surface area (Å²) < 4.78 is 34.0. The zero-order chi connectivity index (χ0) is 42.8. The van der Waals surface area contributed by atoms with Gasteiger partial charge in [-0.25, -0.2) is 0 Å². The summed E-state index contributed by atoms with van der Waals surface area (Å²) in [4.78, 5) is 37.6. The summed E-state index contributed by atoms with van der Waals surface area (Å²) >= 11 is 0. The number of quaternary nitrogens is 1. The number of unbranched alkanes of at least 4 members (excludes halogenated alkanes) is 32. The second-order valence-corrected chi connectivity index (χ2v) is 19.6. The molecule has 0 heterocycles. The van der Waals surface area contributed by atoms with Crippen LogP contribution < -0.4 is 4.89 Å². The first-order chi connectivity index (χ1) is 28.0. The van der Waals surface area contributed by atoms with Crippen LogP contribution in [0.15, 0.2) is 0 Å². The van der Waals surface area contributed by atoms with E-state index in [0.29, 0.717) is 17.4 Å². The molecule has 0 aliphatic rings. The number of esters is 2. The van der Waals surface area contributed by atoms with Crippen molar-refractivity contribution in [3.05, 3.63) is 0 Å². The number of nitrogens with zero attached hydrogens (tertiary/aromatic N) is 1. The molecule has 0 bridgehead atoms. The van der Waals surface area contributed by atoms with Crippen molar-refractivity contribution in [3.8, 4) is 0 Å². The lowest BCUT2D eigenvalue weighted by Gasteiger charge is -2.28. The Hall–Kier alpha value is -0.990. The number of carbonyl (C=O) groups excluding carboxylic acids is 2. The van der Waals surface area contributed by atoms with E-state index in [1.807, 2.05) is 21.1 Å². The standard InChI is InChI=1S/C48H96NO8P/c1-6-8-10-12-14-16-18-20-22-24-25-27-29-31-33-35-37-39-41-48(51)57-46(45-56-58(52,53)55-43-42-49(3,4)5)44-54-47(50)40-38-36-34-32-30-28-26-23-21-19-17-15-13-11-9-7-2/h46H,6-45H2,1-5H3. The topological polar surface area (TPSA) is 111 Å². The molecule has 0 aromatic rings. The van der Waals surface area contributed by atoms with E-state index in [2.05, 4.69) is 13.8 Å². The second kappa shape index (κ2) is 41.4. The summed E-state index contributed by atoms with van der Waals surface area (Å²) in [5.74, 6) is -0.815. The quantitative estimate of drug-likeness (QED) is 0.0258. The summed E-state index contributed by atoms with van der Waals surface area (Å²) in [6.07, 6.45) is 42.7. The average Bonchev–Trinajstić information content (AvgIpc) is 3.17. The van der Waals surface area contributed by atoms with Crippen LogP contribution in [0.2, 0.25) is 0 Å². The molecule has 58 heavy (non-hydrogen) atoms. The van der Waals surface area contributed by atoms with Gasteiger partial charge in [0, 0.05) is 12.8 Å². The molecule has 10 heteroatoms. The highest BCUT2D eigenvalue weighted by Crippen LogP contribution is 2.38. The summed E-state index contributed by atoms with van der Waals surface area (Å²) in [6.45, 7) is 4.29. The molecule has 0 saturated heterocycles. The van der Waals surface area contributed by atoms with Gasteiger partial charge >= 0.3 is 11.9 Å². The number of likely N-dealkylation sites (N-methyl/N-ethyl adjacent to an activating group) is 1. The minimum absolute atomic E-state index is 0.0254. The smallest absolute Gasteiger partial charge is 0.306 e. The van der Waals surface area contributed by atoms with Crippen LogP contribution in [0.5, 0.6) is 0 Å². The van der Waals surface area contributed by atoms with Crippen molar-refractivity contribution >= 4 is 19.8 Å². The largest absolute Gasteiger partial charge is 0.756 e. The maximum absolute atomic E-state index is 12.7. The van der Waals surface area contributed by atoms with E-state index in [-0.39, 0.29) is 32.0 Å². The second-order valence-electron chi connectivity index (χ2n) is 18.2. The Morgan fingerprint density at radius 3 is 1.10 bits per heavy atom. The van der Waals surface area contributed by atoms with Crippen LogP contribution in [0, 0.1) is 0 Å². The lowest BCUT2D eigenvalue weighted by Crippen LogP contribution is -2.37. The molecule has 0 aliphatic carbocycles. The molecule has 0 radical (unpaired) electrons. The normalized spacial score (nSPS) is 13.4. The predicted molar refractivity (Wildman–Crippen MR) is 241 cm³/mol. The number of rotatable bonds is 46. The maximum atomic E-state index is 12.7. The number of phosphoric ester groups is 1. The third-order valence-electron chi connectivity index (χ3n) is 11.1. The van der Waals surface area contributed by atoms with Gasteiger partial charge in [-0.3, -0.25) is 14.2 Å². The zero-order valence-corrected chi connectivity index (χ0v) is 39.9. The van der Waals surface area contributed by atoms with Crippen LogP contribution >= 0.6 is 7.82 Å². The third kappa shape index (κ3) is 44.6. The van der Waals surface area contributed by atoms with Crippen LogP contribution in [0.1, 0.15) is 245 Å². The van der Waals surface area contributed by atoms with E-state index >= 15 is 0 Å². The molecular weight excluding hydrogens is 750 g/mol. The van der Waals surface area contributed by atoms with Gasteiger partial charge in [0.15, 0.2) is 6.10 Å². The first-order valence-corrected chi connectivity index (χ1v) is 26.2. The van der Waals surface area contributed by atoms with Crippen molar-refractivity contribution in [3.63, 3.8) is 0 Å². The lowest BCUT2D eigenvalue weighted by atomic mass is 10.0. The molecule has 9 nitrogen and oxygen atoms in total. The predicted octanol–water partition coefficient (Wildman–Crippen LogP) is 13.7. The van der Waals surface area contributed by atoms with Gasteiger partial charge < -0.3 is 27.9 Å². The van der Waals surface area contributed by atoms with Gasteiger partial charge in [-0.2, -0.15) is 0 Å². The van der Waals surface area contributed by atoms with Gasteiger partial charge in [-0.15, -0.1) is 0 Å². The number of hydrogen-bond acceptors (Lipinski definition) is 8. The fourth-order valence-electron chi connectivity index (χ4n) is 7.25. The molecule has 0 rings (SSSR count). The van der Waals surface area contributed by atoms with E-state index in [1.165, 1.54) is 180 Å². The van der Waals surface area contributed by atoms with Gasteiger partial charge in [0.05, 0.1) is 27.7 Å². The van der Waals surface area contributed by atoms with Crippen molar-refractivity contribution in [2.24, 2.45) is 0 Å². The highest BCUT2D eigenvalue weighted by molar-refractivity contribution is 7.45. The van der Waals surface area contributed by atoms with Gasteiger partial charge in [-0.05, 0) is 12.8 Å². The Kier molecular flexibility index (Phi) is 40.7. The molecule has 0 aliphatic heterocycles. The summed E-state index contributed by atoms with van der Waals surface area (Å²) in [5, 5.41) is 0. The van der Waals surface area contributed by atoms with Gasteiger partial charge in [0.1, 0.15) is 19.8 Å². The molecule has 0 spiro atoms. The van der Waals surface area contributed by atoms with Crippen molar-refractivity contribution in [2.45, 2.75) is 251 Å². The van der Waals surface area contributed by atoms with E-state index in [1.54, 1.807) is 0 Å². The Morgan fingerprint density at radius 1 is 0.466 bits per heavy atom. The number of phosphoric acid groups is 1. The summed E-state index contributed by atoms with van der Waals surface area (Å²) in [7, 11) is 1.19. The van der Waals surface area contributed by atoms with Crippen molar-refractivity contribution in [1.29, 1.82) is 0 Å². The summed E-state index contributed by atoms with van der Waals surface area (Å²) in [5.41, 5.74) is 0. The molecule has 0 aromatic heterocycles. The van der Waals surface area contributed by atoms with E-state index < -0.39 is 26.5 Å². The highest BCUT2D eigenvalue weighted by atomic mass is 31.2. The molecule has 2 unspecified atom stereocenters. The molecule has 0 N–H and O–H groups in total. The van der Waals surface area contributed by atoms with E-state index in [0.717, 1.165) is 32.1 Å². The number of hydrogen-bond donors (Lipinski definition) is 0. The van der Waals surface area contributed by atoms with Crippen LogP contribution in [-0.2, 0) is 32.7 Å². The Bertz CT molecular complexity index is 958. The van der Waals surface area contributed by atoms with E-state index in [9.17, 15) is 19.0 Å². The van der Waals surface area contributed by atoms with Crippen molar-refractivity contribution < 1.29 is 42.1 Å². The number of carbonyl (C=O) groups is 2. The average molecular weight is 846 g/mol. The SMILES string of the molecule is CCCCCCCCCCCCCCCCCCCCC(=O)OC(COC(=O)CCCCCCCCCCCCCCCCCC)COP(=O)([O-])OCC[N+](C)(C)C. The Morgan fingerprint density at radius 2 is 0.776 bits per heavy atom. The monoisotopic (exact) mass is 846 g/mol. The molecule has 0 aromatic carbocycles. The molecule has 0 amide bonds.